The standard InChI is InChI=1S/C10H8N2.NO3.Ni/c1-3-7-11-9(5-1)10-6-2-4-8-12-10;2-1(3)4;/h1-8H;;/q;-1;+2. The van der Waals surface area contributed by atoms with Crippen LogP contribution in [0.25, 0.3) is 11.4 Å². The van der Waals surface area contributed by atoms with Crippen LogP contribution < -0.4 is 0 Å². The van der Waals surface area contributed by atoms with Crippen LogP contribution in [0, 0.1) is 15.3 Å². The molecule has 0 radical (unpaired) electrons. The maximum absolute atomic E-state index is 8.25. The second kappa shape index (κ2) is 8.18. The van der Waals surface area contributed by atoms with E-state index >= 15 is 0 Å². The summed E-state index contributed by atoms with van der Waals surface area (Å²) < 4.78 is 0. The van der Waals surface area contributed by atoms with Crippen molar-refractivity contribution in [3.05, 3.63) is 64.1 Å². The van der Waals surface area contributed by atoms with Crippen LogP contribution in [0.5, 0.6) is 0 Å². The largest absolute Gasteiger partial charge is 2.00 e. The second-order valence-electron chi connectivity index (χ2n) is 2.65. The average Bonchev–Trinajstić information content (AvgIpc) is 2.31. The molecule has 0 aliphatic heterocycles. The third-order valence-corrected chi connectivity index (χ3v) is 1.59. The normalized spacial score (nSPS) is 8.24. The molecular formula is C10H8N3NiO3+. The molecule has 2 heterocycles. The van der Waals surface area contributed by atoms with Crippen LogP contribution in [0.3, 0.4) is 0 Å². The van der Waals surface area contributed by atoms with Crippen LogP contribution in [0.1, 0.15) is 0 Å². The van der Waals surface area contributed by atoms with Crippen molar-refractivity contribution in [3.8, 4) is 11.4 Å². The Morgan fingerprint density at radius 1 is 0.882 bits per heavy atom. The Hall–Kier alpha value is -2.01. The van der Waals surface area contributed by atoms with E-state index in [0.29, 0.717) is 0 Å². The van der Waals surface area contributed by atoms with E-state index in [1.54, 1.807) is 12.4 Å². The maximum atomic E-state index is 8.25. The summed E-state index contributed by atoms with van der Waals surface area (Å²) in [6.07, 6.45) is 3.54. The summed E-state index contributed by atoms with van der Waals surface area (Å²) in [5.74, 6) is 0. The summed E-state index contributed by atoms with van der Waals surface area (Å²) in [6, 6.07) is 11.6. The Kier molecular flexibility index (Phi) is 7.22. The summed E-state index contributed by atoms with van der Waals surface area (Å²) in [7, 11) is 0. The van der Waals surface area contributed by atoms with Crippen molar-refractivity contribution in [2.24, 2.45) is 0 Å². The van der Waals surface area contributed by atoms with E-state index in [-0.39, 0.29) is 16.5 Å². The maximum Gasteiger partial charge on any atom is 2.00 e. The van der Waals surface area contributed by atoms with Gasteiger partial charge in [0.1, 0.15) is 0 Å². The summed E-state index contributed by atoms with van der Waals surface area (Å²) in [5, 5.41) is 14.8. The third-order valence-electron chi connectivity index (χ3n) is 1.59. The fourth-order valence-corrected chi connectivity index (χ4v) is 1.03. The molecule has 17 heavy (non-hydrogen) atoms. The van der Waals surface area contributed by atoms with Gasteiger partial charge in [0.05, 0.1) is 16.5 Å². The number of hydrogen-bond acceptors (Lipinski definition) is 5. The number of pyridine rings is 2. The Labute approximate surface area is 107 Å². The fourth-order valence-electron chi connectivity index (χ4n) is 1.03. The predicted octanol–water partition coefficient (Wildman–Crippen LogP) is 1.90. The first kappa shape index (κ1) is 15.0. The molecular weight excluding hydrogens is 269 g/mol. The SMILES string of the molecule is O=[N+]([O-])[O-].[Ni+2].c1ccc(-c2ccccn2)nc1. The van der Waals surface area contributed by atoms with Crippen LogP contribution in [-0.4, -0.2) is 15.1 Å². The summed E-state index contributed by atoms with van der Waals surface area (Å²) in [5.41, 5.74) is 1.83. The molecule has 0 aromatic carbocycles. The van der Waals surface area contributed by atoms with E-state index in [9.17, 15) is 0 Å². The molecule has 0 amide bonds. The third kappa shape index (κ3) is 6.22. The van der Waals surface area contributed by atoms with Crippen molar-refractivity contribution in [2.75, 3.05) is 0 Å². The first-order chi connectivity index (χ1) is 7.70. The van der Waals surface area contributed by atoms with E-state index < -0.39 is 5.09 Å². The quantitative estimate of drug-likeness (QED) is 0.451. The molecule has 0 unspecified atom stereocenters. The fraction of sp³-hybridized carbons (Fsp3) is 0. The topological polar surface area (TPSA) is 92.0 Å². The van der Waals surface area contributed by atoms with Gasteiger partial charge in [-0.1, -0.05) is 12.1 Å². The molecule has 2 aromatic rings. The van der Waals surface area contributed by atoms with E-state index in [1.807, 2.05) is 36.4 Å². The van der Waals surface area contributed by atoms with Crippen LogP contribution in [0.15, 0.2) is 48.8 Å². The Balaban J connectivity index is 0.000000453. The predicted molar refractivity (Wildman–Crippen MR) is 57.8 cm³/mol. The minimum atomic E-state index is -1.75. The molecule has 0 N–H and O–H groups in total. The van der Waals surface area contributed by atoms with Crippen molar-refractivity contribution >= 4 is 0 Å². The van der Waals surface area contributed by atoms with Crippen molar-refractivity contribution in [2.45, 2.75) is 0 Å². The van der Waals surface area contributed by atoms with Crippen LogP contribution >= 0.6 is 0 Å². The molecule has 6 nitrogen and oxygen atoms in total. The van der Waals surface area contributed by atoms with Gasteiger partial charge in [-0.05, 0) is 24.3 Å². The van der Waals surface area contributed by atoms with Gasteiger partial charge in [0, 0.05) is 12.4 Å². The molecule has 0 saturated carbocycles. The van der Waals surface area contributed by atoms with Gasteiger partial charge < -0.3 is 15.3 Å². The van der Waals surface area contributed by atoms with E-state index in [2.05, 4.69) is 9.97 Å². The summed E-state index contributed by atoms with van der Waals surface area (Å²) >= 11 is 0. The minimum absolute atomic E-state index is 0. The van der Waals surface area contributed by atoms with Gasteiger partial charge in [-0.25, -0.2) is 0 Å². The van der Waals surface area contributed by atoms with Crippen LogP contribution in [-0.2, 0) is 16.5 Å². The zero-order valence-electron chi connectivity index (χ0n) is 8.50. The van der Waals surface area contributed by atoms with Crippen molar-refractivity contribution in [1.29, 1.82) is 0 Å². The van der Waals surface area contributed by atoms with Crippen LogP contribution in [0.2, 0.25) is 0 Å². The molecule has 7 heteroatoms. The van der Waals surface area contributed by atoms with Gasteiger partial charge in [0.15, 0.2) is 0 Å². The van der Waals surface area contributed by atoms with Gasteiger partial charge in [-0.2, -0.15) is 0 Å². The first-order valence-electron chi connectivity index (χ1n) is 4.34. The molecule has 2 rings (SSSR count). The van der Waals surface area contributed by atoms with E-state index in [0.717, 1.165) is 11.4 Å². The Morgan fingerprint density at radius 3 is 1.47 bits per heavy atom. The summed E-state index contributed by atoms with van der Waals surface area (Å²) in [6.45, 7) is 0. The Bertz CT molecular complexity index is 398. The monoisotopic (exact) mass is 276 g/mol. The van der Waals surface area contributed by atoms with Crippen molar-refractivity contribution in [1.82, 2.24) is 9.97 Å². The minimum Gasteiger partial charge on any atom is -0.356 e. The molecule has 0 atom stereocenters. The molecule has 90 valence electrons. The van der Waals surface area contributed by atoms with Crippen molar-refractivity contribution in [3.63, 3.8) is 0 Å². The molecule has 0 aliphatic carbocycles. The van der Waals surface area contributed by atoms with Gasteiger partial charge in [0.25, 0.3) is 0 Å². The summed E-state index contributed by atoms with van der Waals surface area (Å²) in [4.78, 5) is 16.6. The second-order valence-corrected chi connectivity index (χ2v) is 2.65. The first-order valence-corrected chi connectivity index (χ1v) is 4.34. The number of nitrogens with zero attached hydrogens (tertiary/aromatic N) is 3. The molecule has 2 aromatic heterocycles. The smallest absolute Gasteiger partial charge is 0.356 e. The van der Waals surface area contributed by atoms with Crippen LogP contribution in [0.4, 0.5) is 0 Å². The molecule has 0 saturated heterocycles. The van der Waals surface area contributed by atoms with Gasteiger partial charge in [-0.3, -0.25) is 9.97 Å². The van der Waals surface area contributed by atoms with Gasteiger partial charge >= 0.3 is 16.5 Å². The van der Waals surface area contributed by atoms with E-state index in [1.165, 1.54) is 0 Å². The van der Waals surface area contributed by atoms with Crippen molar-refractivity contribution < 1.29 is 21.6 Å². The number of rotatable bonds is 1. The average molecular weight is 277 g/mol. The molecule has 0 bridgehead atoms. The Morgan fingerprint density at radius 2 is 1.24 bits per heavy atom. The van der Waals surface area contributed by atoms with Gasteiger partial charge in [0.2, 0.25) is 0 Å². The molecule has 0 aliphatic rings. The molecule has 0 fully saturated rings. The van der Waals surface area contributed by atoms with E-state index in [4.69, 9.17) is 15.3 Å². The zero-order chi connectivity index (χ0) is 11.8. The zero-order valence-corrected chi connectivity index (χ0v) is 9.49. The number of aromatic nitrogens is 2. The van der Waals surface area contributed by atoms with Gasteiger partial charge in [-0.15, -0.1) is 0 Å². The number of hydrogen-bond donors (Lipinski definition) is 0. The molecule has 0 spiro atoms.